The average molecular weight is 355 g/mol. The molecule has 0 aromatic carbocycles. The predicted octanol–water partition coefficient (Wildman–Crippen LogP) is 5.40. The molecule has 25 heavy (non-hydrogen) atoms. The fourth-order valence-electron chi connectivity index (χ4n) is 4.39. The fraction of sp³-hybridized carbons (Fsp3) is 0.905. The average Bonchev–Trinajstić information content (AvgIpc) is 2.65. The van der Waals surface area contributed by atoms with Crippen molar-refractivity contribution >= 4 is 11.8 Å². The Morgan fingerprint density at radius 2 is 1.52 bits per heavy atom. The van der Waals surface area contributed by atoms with E-state index < -0.39 is 0 Å². The second-order valence-corrected chi connectivity index (χ2v) is 8.06. The largest absolute Gasteiger partial charge is 0.462 e. The number of alkyl halides is 1. The number of ether oxygens (including phenoxy) is 1. The Hall–Kier alpha value is -0.930. The van der Waals surface area contributed by atoms with E-state index in [0.717, 1.165) is 64.2 Å². The molecular weight excluding hydrogens is 319 g/mol. The number of carbonyl (C=O) groups is 2. The van der Waals surface area contributed by atoms with E-state index in [2.05, 4.69) is 0 Å². The van der Waals surface area contributed by atoms with Crippen molar-refractivity contribution in [3.63, 3.8) is 0 Å². The normalized spacial score (nSPS) is 30.0. The third kappa shape index (κ3) is 7.07. The van der Waals surface area contributed by atoms with Gasteiger partial charge in [-0.2, -0.15) is 0 Å². The van der Waals surface area contributed by atoms with E-state index in [0.29, 0.717) is 36.9 Å². The molecule has 0 atom stereocenters. The molecule has 4 heteroatoms. The molecule has 0 aromatic heterocycles. The Morgan fingerprint density at radius 3 is 2.12 bits per heavy atom. The van der Waals surface area contributed by atoms with Crippen LogP contribution in [0.25, 0.3) is 0 Å². The Kier molecular flexibility index (Phi) is 8.91. The quantitative estimate of drug-likeness (QED) is 0.520. The van der Waals surface area contributed by atoms with Crippen molar-refractivity contribution in [1.82, 2.24) is 0 Å². The standard InChI is InChI=1S/C21H35FO3/c1-2-19(23)12-7-17-5-10-18(11-6-17)21(24)25-20-13-8-16(9-14-20)4-3-15-22/h16-18,20H,2-15H2,1H3. The van der Waals surface area contributed by atoms with Crippen molar-refractivity contribution in [3.8, 4) is 0 Å². The first-order valence-electron chi connectivity index (χ1n) is 10.4. The van der Waals surface area contributed by atoms with Gasteiger partial charge in [-0.25, -0.2) is 0 Å². The van der Waals surface area contributed by atoms with E-state index in [-0.39, 0.29) is 24.7 Å². The highest BCUT2D eigenvalue weighted by Crippen LogP contribution is 2.34. The summed E-state index contributed by atoms with van der Waals surface area (Å²) in [6.07, 6.45) is 12.0. The molecule has 3 nitrogen and oxygen atoms in total. The van der Waals surface area contributed by atoms with Crippen LogP contribution in [0.2, 0.25) is 0 Å². The van der Waals surface area contributed by atoms with Crippen LogP contribution in [-0.2, 0) is 14.3 Å². The van der Waals surface area contributed by atoms with Crippen LogP contribution < -0.4 is 0 Å². The second kappa shape index (κ2) is 10.9. The number of Topliss-reactive ketones (excluding diaryl/α,β-unsaturated/α-hetero) is 1. The number of carbonyl (C=O) groups excluding carboxylic acids is 2. The Balaban J connectivity index is 1.62. The van der Waals surface area contributed by atoms with Crippen LogP contribution in [0.5, 0.6) is 0 Å². The summed E-state index contributed by atoms with van der Waals surface area (Å²) in [5.74, 6) is 1.62. The number of esters is 1. The lowest BCUT2D eigenvalue weighted by Gasteiger charge is -2.31. The Bertz CT molecular complexity index is 407. The van der Waals surface area contributed by atoms with E-state index in [4.69, 9.17) is 4.74 Å². The first-order valence-corrected chi connectivity index (χ1v) is 10.4. The Labute approximate surface area is 152 Å². The number of ketones is 1. The van der Waals surface area contributed by atoms with Gasteiger partial charge in [0, 0.05) is 12.8 Å². The summed E-state index contributed by atoms with van der Waals surface area (Å²) in [4.78, 5) is 23.9. The SMILES string of the molecule is CCC(=O)CCC1CCC(C(=O)OC2CCC(CCCF)CC2)CC1. The molecule has 0 bridgehead atoms. The van der Waals surface area contributed by atoms with Gasteiger partial charge < -0.3 is 4.74 Å². The molecule has 0 saturated heterocycles. The van der Waals surface area contributed by atoms with E-state index in [1.165, 1.54) is 0 Å². The minimum absolute atomic E-state index is 0.00436. The molecule has 0 unspecified atom stereocenters. The van der Waals surface area contributed by atoms with Gasteiger partial charge in [0.1, 0.15) is 11.9 Å². The van der Waals surface area contributed by atoms with Crippen LogP contribution in [0.15, 0.2) is 0 Å². The van der Waals surface area contributed by atoms with Gasteiger partial charge in [-0.1, -0.05) is 6.92 Å². The van der Waals surface area contributed by atoms with Crippen molar-refractivity contribution in [3.05, 3.63) is 0 Å². The number of rotatable bonds is 9. The molecule has 2 saturated carbocycles. The second-order valence-electron chi connectivity index (χ2n) is 8.06. The monoisotopic (exact) mass is 354 g/mol. The number of hydrogen-bond acceptors (Lipinski definition) is 3. The van der Waals surface area contributed by atoms with Crippen molar-refractivity contribution in [2.24, 2.45) is 17.8 Å². The molecule has 0 heterocycles. The third-order valence-corrected chi connectivity index (χ3v) is 6.23. The highest BCUT2D eigenvalue weighted by molar-refractivity contribution is 5.77. The maximum absolute atomic E-state index is 12.4. The molecule has 2 rings (SSSR count). The summed E-state index contributed by atoms with van der Waals surface area (Å²) in [6, 6.07) is 0. The third-order valence-electron chi connectivity index (χ3n) is 6.23. The summed E-state index contributed by atoms with van der Waals surface area (Å²) < 4.78 is 18.0. The summed E-state index contributed by atoms with van der Waals surface area (Å²) in [5, 5.41) is 0. The Morgan fingerprint density at radius 1 is 0.920 bits per heavy atom. The van der Waals surface area contributed by atoms with Crippen LogP contribution in [0.3, 0.4) is 0 Å². The van der Waals surface area contributed by atoms with E-state index in [1.54, 1.807) is 0 Å². The minimum atomic E-state index is -0.218. The molecule has 0 radical (unpaired) electrons. The molecule has 144 valence electrons. The zero-order valence-electron chi connectivity index (χ0n) is 15.8. The maximum Gasteiger partial charge on any atom is 0.309 e. The van der Waals surface area contributed by atoms with Crippen molar-refractivity contribution in [2.75, 3.05) is 6.67 Å². The molecule has 0 amide bonds. The lowest BCUT2D eigenvalue weighted by molar-refractivity contribution is -0.157. The molecule has 0 aliphatic heterocycles. The summed E-state index contributed by atoms with van der Waals surface area (Å²) in [7, 11) is 0. The summed E-state index contributed by atoms with van der Waals surface area (Å²) >= 11 is 0. The first-order chi connectivity index (χ1) is 12.1. The van der Waals surface area contributed by atoms with Crippen molar-refractivity contribution in [1.29, 1.82) is 0 Å². The zero-order chi connectivity index (χ0) is 18.1. The van der Waals surface area contributed by atoms with Gasteiger partial charge in [0.15, 0.2) is 0 Å². The molecule has 2 fully saturated rings. The van der Waals surface area contributed by atoms with Crippen LogP contribution in [0.4, 0.5) is 4.39 Å². The van der Waals surface area contributed by atoms with Crippen molar-refractivity contribution < 1.29 is 18.7 Å². The maximum atomic E-state index is 12.4. The van der Waals surface area contributed by atoms with Gasteiger partial charge in [-0.05, 0) is 82.5 Å². The fourth-order valence-corrected chi connectivity index (χ4v) is 4.39. The molecule has 0 N–H and O–H groups in total. The lowest BCUT2D eigenvalue weighted by Crippen LogP contribution is -2.30. The first kappa shape index (κ1) is 20.4. The van der Waals surface area contributed by atoms with Gasteiger partial charge in [0.25, 0.3) is 0 Å². The number of halogens is 1. The molecule has 0 aromatic rings. The highest BCUT2D eigenvalue weighted by atomic mass is 19.1. The predicted molar refractivity (Wildman–Crippen MR) is 97.0 cm³/mol. The van der Waals surface area contributed by atoms with Crippen molar-refractivity contribution in [2.45, 2.75) is 96.5 Å². The van der Waals surface area contributed by atoms with Crippen LogP contribution in [0, 0.1) is 17.8 Å². The van der Waals surface area contributed by atoms with E-state index in [9.17, 15) is 14.0 Å². The molecule has 2 aliphatic carbocycles. The molecule has 2 aliphatic rings. The van der Waals surface area contributed by atoms with E-state index in [1.807, 2.05) is 6.92 Å². The van der Waals surface area contributed by atoms with Gasteiger partial charge in [0.05, 0.1) is 12.6 Å². The van der Waals surface area contributed by atoms with E-state index >= 15 is 0 Å². The van der Waals surface area contributed by atoms with Gasteiger partial charge >= 0.3 is 5.97 Å². The topological polar surface area (TPSA) is 43.4 Å². The zero-order valence-corrected chi connectivity index (χ0v) is 15.8. The molecular formula is C21H35FO3. The van der Waals surface area contributed by atoms with Gasteiger partial charge in [-0.15, -0.1) is 0 Å². The van der Waals surface area contributed by atoms with Gasteiger partial charge in [0.2, 0.25) is 0 Å². The molecule has 0 spiro atoms. The summed E-state index contributed by atoms with van der Waals surface area (Å²) in [5.41, 5.74) is 0. The number of hydrogen-bond donors (Lipinski definition) is 0. The van der Waals surface area contributed by atoms with Crippen LogP contribution in [-0.4, -0.2) is 24.5 Å². The van der Waals surface area contributed by atoms with Crippen LogP contribution in [0.1, 0.15) is 90.4 Å². The lowest BCUT2D eigenvalue weighted by atomic mass is 9.79. The minimum Gasteiger partial charge on any atom is -0.462 e. The smallest absolute Gasteiger partial charge is 0.309 e. The van der Waals surface area contributed by atoms with Gasteiger partial charge in [-0.3, -0.25) is 14.0 Å². The summed E-state index contributed by atoms with van der Waals surface area (Å²) in [6.45, 7) is 1.70. The highest BCUT2D eigenvalue weighted by Gasteiger charge is 2.30. The van der Waals surface area contributed by atoms with Crippen LogP contribution >= 0.6 is 0 Å².